The highest BCUT2D eigenvalue weighted by molar-refractivity contribution is 6.34. The number of para-hydroxylation sites is 1. The number of halogens is 1. The van der Waals surface area contributed by atoms with Crippen LogP contribution in [0.4, 0.5) is 5.69 Å². The van der Waals surface area contributed by atoms with Crippen LogP contribution < -0.4 is 10.9 Å². The zero-order chi connectivity index (χ0) is 18.7. The minimum absolute atomic E-state index is 0.144. The zero-order valence-electron chi connectivity index (χ0n) is 13.7. The number of nitrogens with one attached hydrogen (secondary N) is 1. The first-order chi connectivity index (χ1) is 12.5. The first-order valence-electron chi connectivity index (χ1n) is 7.80. The second kappa shape index (κ2) is 7.41. The third-order valence-electron chi connectivity index (χ3n) is 3.61. The summed E-state index contributed by atoms with van der Waals surface area (Å²) < 4.78 is 10.0. The molecule has 7 heteroatoms. The van der Waals surface area contributed by atoms with Gasteiger partial charge in [-0.3, -0.25) is 4.79 Å². The molecule has 6 nitrogen and oxygen atoms in total. The average Bonchev–Trinajstić information content (AvgIpc) is 2.63. The van der Waals surface area contributed by atoms with Crippen molar-refractivity contribution in [2.75, 3.05) is 11.9 Å². The van der Waals surface area contributed by atoms with E-state index >= 15 is 0 Å². The quantitative estimate of drug-likeness (QED) is 0.555. The predicted octanol–water partition coefficient (Wildman–Crippen LogP) is 3.88. The van der Waals surface area contributed by atoms with Crippen LogP contribution in [0.25, 0.3) is 11.0 Å². The van der Waals surface area contributed by atoms with Crippen molar-refractivity contribution in [1.29, 1.82) is 0 Å². The number of carbonyl (C=O) groups excluding carboxylic acids is 2. The maximum absolute atomic E-state index is 12.4. The van der Waals surface area contributed by atoms with Gasteiger partial charge in [-0.15, -0.1) is 0 Å². The van der Waals surface area contributed by atoms with Crippen molar-refractivity contribution in [2.24, 2.45) is 0 Å². The summed E-state index contributed by atoms with van der Waals surface area (Å²) in [5.41, 5.74) is 0.0911. The highest BCUT2D eigenvalue weighted by Crippen LogP contribution is 2.22. The topological polar surface area (TPSA) is 85.6 Å². The lowest BCUT2D eigenvalue weighted by Gasteiger charge is -2.07. The van der Waals surface area contributed by atoms with Crippen LogP contribution in [0.3, 0.4) is 0 Å². The molecule has 0 aliphatic heterocycles. The Labute approximate surface area is 153 Å². The number of hydrogen-bond donors (Lipinski definition) is 1. The molecule has 1 N–H and O–H groups in total. The van der Waals surface area contributed by atoms with Crippen LogP contribution in [0.15, 0.2) is 57.7 Å². The Bertz CT molecular complexity index is 1040. The van der Waals surface area contributed by atoms with E-state index in [2.05, 4.69) is 5.32 Å². The van der Waals surface area contributed by atoms with Crippen LogP contribution in [0.5, 0.6) is 0 Å². The molecule has 3 rings (SSSR count). The van der Waals surface area contributed by atoms with E-state index in [9.17, 15) is 14.4 Å². The molecular formula is C19H14ClNO5. The van der Waals surface area contributed by atoms with Gasteiger partial charge in [0.25, 0.3) is 5.91 Å². The summed E-state index contributed by atoms with van der Waals surface area (Å²) in [5, 5.41) is 3.43. The molecule has 1 heterocycles. The van der Waals surface area contributed by atoms with Crippen molar-refractivity contribution in [2.45, 2.75) is 6.92 Å². The molecule has 1 amide bonds. The molecular weight excluding hydrogens is 358 g/mol. The normalized spacial score (nSPS) is 10.5. The summed E-state index contributed by atoms with van der Waals surface area (Å²) in [5.74, 6) is -1.07. The highest BCUT2D eigenvalue weighted by atomic mass is 35.5. The largest absolute Gasteiger partial charge is 0.462 e. The molecule has 26 heavy (non-hydrogen) atoms. The standard InChI is InChI=1S/C19H14ClNO5/c1-2-25-18(23)11-6-8-13(9-7-11)21-17(22)14-10-12-4-3-5-15(20)16(12)26-19(14)24/h3-10H,2H2,1H3,(H,21,22). The molecule has 132 valence electrons. The van der Waals surface area contributed by atoms with Crippen molar-refractivity contribution in [3.63, 3.8) is 0 Å². The monoisotopic (exact) mass is 371 g/mol. The lowest BCUT2D eigenvalue weighted by Crippen LogP contribution is -2.20. The Morgan fingerprint density at radius 1 is 1.15 bits per heavy atom. The number of fused-ring (bicyclic) bond motifs is 1. The second-order valence-electron chi connectivity index (χ2n) is 5.36. The van der Waals surface area contributed by atoms with Crippen LogP contribution in [0, 0.1) is 0 Å². The summed E-state index contributed by atoms with van der Waals surface area (Å²) in [6.45, 7) is 1.99. The Morgan fingerprint density at radius 2 is 1.88 bits per heavy atom. The number of benzene rings is 2. The number of carbonyl (C=O) groups is 2. The van der Waals surface area contributed by atoms with Gasteiger partial charge in [0.2, 0.25) is 0 Å². The highest BCUT2D eigenvalue weighted by Gasteiger charge is 2.15. The maximum Gasteiger partial charge on any atom is 0.349 e. The molecule has 0 saturated carbocycles. The van der Waals surface area contributed by atoms with Gasteiger partial charge in [0.05, 0.1) is 17.2 Å². The van der Waals surface area contributed by atoms with Crippen LogP contribution >= 0.6 is 11.6 Å². The van der Waals surface area contributed by atoms with Gasteiger partial charge in [-0.1, -0.05) is 23.7 Å². The Kier molecular flexibility index (Phi) is 5.04. The number of esters is 1. The number of anilines is 1. The molecule has 2 aromatic carbocycles. The van der Waals surface area contributed by atoms with Gasteiger partial charge in [0.1, 0.15) is 5.56 Å². The van der Waals surface area contributed by atoms with E-state index in [0.29, 0.717) is 21.7 Å². The van der Waals surface area contributed by atoms with Crippen molar-refractivity contribution in [3.8, 4) is 0 Å². The van der Waals surface area contributed by atoms with Gasteiger partial charge in [-0.05, 0) is 43.3 Å². The molecule has 0 aliphatic rings. The van der Waals surface area contributed by atoms with Gasteiger partial charge in [-0.25, -0.2) is 9.59 Å². The minimum Gasteiger partial charge on any atom is -0.462 e. The van der Waals surface area contributed by atoms with Crippen LogP contribution in [-0.4, -0.2) is 18.5 Å². The number of hydrogen-bond acceptors (Lipinski definition) is 5. The molecule has 0 spiro atoms. The van der Waals surface area contributed by atoms with Gasteiger partial charge >= 0.3 is 11.6 Å². The molecule has 0 saturated heterocycles. The molecule has 0 unspecified atom stereocenters. The number of ether oxygens (including phenoxy) is 1. The van der Waals surface area contributed by atoms with Crippen molar-refractivity contribution in [3.05, 3.63) is 75.1 Å². The second-order valence-corrected chi connectivity index (χ2v) is 5.76. The van der Waals surface area contributed by atoms with E-state index < -0.39 is 17.5 Å². The van der Waals surface area contributed by atoms with E-state index in [1.165, 1.54) is 18.2 Å². The molecule has 0 atom stereocenters. The van der Waals surface area contributed by atoms with Crippen molar-refractivity contribution < 1.29 is 18.7 Å². The number of rotatable bonds is 4. The lowest BCUT2D eigenvalue weighted by atomic mass is 10.1. The molecule has 0 bridgehead atoms. The summed E-state index contributed by atoms with van der Waals surface area (Å²) in [4.78, 5) is 36.1. The van der Waals surface area contributed by atoms with E-state index in [4.69, 9.17) is 20.8 Å². The maximum atomic E-state index is 12.4. The van der Waals surface area contributed by atoms with E-state index in [-0.39, 0.29) is 17.8 Å². The predicted molar refractivity (Wildman–Crippen MR) is 97.8 cm³/mol. The van der Waals surface area contributed by atoms with E-state index in [1.54, 1.807) is 37.3 Å². The fourth-order valence-corrected chi connectivity index (χ4v) is 2.59. The molecule has 1 aromatic heterocycles. The first-order valence-corrected chi connectivity index (χ1v) is 8.18. The molecule has 0 aliphatic carbocycles. The third-order valence-corrected chi connectivity index (χ3v) is 3.91. The SMILES string of the molecule is CCOC(=O)c1ccc(NC(=O)c2cc3cccc(Cl)c3oc2=O)cc1. The van der Waals surface area contributed by atoms with Gasteiger partial charge in [0.15, 0.2) is 5.58 Å². The third kappa shape index (κ3) is 3.60. The zero-order valence-corrected chi connectivity index (χ0v) is 14.5. The summed E-state index contributed by atoms with van der Waals surface area (Å²) >= 11 is 5.98. The lowest BCUT2D eigenvalue weighted by molar-refractivity contribution is 0.0526. The fourth-order valence-electron chi connectivity index (χ4n) is 2.37. The molecule has 3 aromatic rings. The minimum atomic E-state index is -0.786. The Balaban J connectivity index is 1.84. The van der Waals surface area contributed by atoms with Gasteiger partial charge < -0.3 is 14.5 Å². The van der Waals surface area contributed by atoms with E-state index in [1.807, 2.05) is 0 Å². The Hall–Kier alpha value is -3.12. The summed E-state index contributed by atoms with van der Waals surface area (Å²) in [6.07, 6.45) is 0. The van der Waals surface area contributed by atoms with Gasteiger partial charge in [0, 0.05) is 11.1 Å². The average molecular weight is 372 g/mol. The molecule has 0 fully saturated rings. The van der Waals surface area contributed by atoms with E-state index in [0.717, 1.165) is 0 Å². The van der Waals surface area contributed by atoms with Crippen molar-refractivity contribution >= 4 is 40.1 Å². The fraction of sp³-hybridized carbons (Fsp3) is 0.105. The smallest absolute Gasteiger partial charge is 0.349 e. The van der Waals surface area contributed by atoms with Gasteiger partial charge in [-0.2, -0.15) is 0 Å². The first kappa shape index (κ1) is 17.7. The molecule has 0 radical (unpaired) electrons. The summed E-state index contributed by atoms with van der Waals surface area (Å²) in [7, 11) is 0. The Morgan fingerprint density at radius 3 is 2.58 bits per heavy atom. The summed E-state index contributed by atoms with van der Waals surface area (Å²) in [6, 6.07) is 12.5. The van der Waals surface area contributed by atoms with Crippen LogP contribution in [0.2, 0.25) is 5.02 Å². The van der Waals surface area contributed by atoms with Crippen LogP contribution in [-0.2, 0) is 4.74 Å². The van der Waals surface area contributed by atoms with Crippen LogP contribution in [0.1, 0.15) is 27.6 Å². The number of amides is 1. The van der Waals surface area contributed by atoms with Crippen molar-refractivity contribution in [1.82, 2.24) is 0 Å².